The van der Waals surface area contributed by atoms with E-state index in [9.17, 15) is 0 Å². The molecule has 0 amide bonds. The molecule has 0 unspecified atom stereocenters. The molecule has 1 aliphatic carbocycles. The van der Waals surface area contributed by atoms with Gasteiger partial charge in [-0.1, -0.05) is 54.6 Å². The highest BCUT2D eigenvalue weighted by Gasteiger charge is 2.19. The number of benzene rings is 2. The zero-order valence-corrected chi connectivity index (χ0v) is 16.1. The number of H-pyrrole nitrogens is 1. The molecule has 4 nitrogen and oxygen atoms in total. The zero-order chi connectivity index (χ0) is 18.8. The summed E-state index contributed by atoms with van der Waals surface area (Å²) in [6.07, 6.45) is 10.9. The summed E-state index contributed by atoms with van der Waals surface area (Å²) in [6.45, 7) is 5.19. The fraction of sp³-hybridized carbons (Fsp3) is 0.292. The second-order valence-corrected chi connectivity index (χ2v) is 7.66. The molecule has 1 saturated heterocycles. The monoisotopic (exact) mass is 370 g/mol. The van der Waals surface area contributed by atoms with Crippen LogP contribution in [0, 0.1) is 0 Å². The molecule has 1 N–H and O–H groups in total. The second-order valence-electron chi connectivity index (χ2n) is 7.66. The Kier molecular flexibility index (Phi) is 4.71. The minimum Gasteiger partial charge on any atom is -0.368 e. The summed E-state index contributed by atoms with van der Waals surface area (Å²) in [5.74, 6) is 1.00. The van der Waals surface area contributed by atoms with Gasteiger partial charge in [0, 0.05) is 61.3 Å². The molecule has 0 saturated carbocycles. The Bertz CT molecular complexity index is 1020. The van der Waals surface area contributed by atoms with Crippen molar-refractivity contribution in [3.8, 4) is 0 Å². The predicted molar refractivity (Wildman–Crippen MR) is 116 cm³/mol. The fourth-order valence-corrected chi connectivity index (χ4v) is 4.25. The number of nitrogens with zero attached hydrogens (tertiary/aromatic N) is 3. The van der Waals surface area contributed by atoms with Crippen LogP contribution in [-0.4, -0.2) is 41.0 Å². The Morgan fingerprint density at radius 2 is 1.79 bits per heavy atom. The van der Waals surface area contributed by atoms with Gasteiger partial charge in [-0.25, -0.2) is 4.98 Å². The number of aromatic nitrogens is 2. The van der Waals surface area contributed by atoms with Gasteiger partial charge in [0.1, 0.15) is 5.82 Å². The van der Waals surface area contributed by atoms with E-state index < -0.39 is 0 Å². The molecule has 0 atom stereocenters. The lowest BCUT2D eigenvalue weighted by molar-refractivity contribution is 0.247. The summed E-state index contributed by atoms with van der Waals surface area (Å²) in [7, 11) is 0. The van der Waals surface area contributed by atoms with E-state index in [1.54, 1.807) is 0 Å². The number of hydrogen-bond donors (Lipinski definition) is 1. The van der Waals surface area contributed by atoms with E-state index in [4.69, 9.17) is 0 Å². The number of allylic oxidation sites excluding steroid dienone is 4. The molecule has 1 fully saturated rings. The second kappa shape index (κ2) is 7.64. The van der Waals surface area contributed by atoms with Crippen molar-refractivity contribution in [1.29, 1.82) is 0 Å². The molecule has 2 heterocycles. The van der Waals surface area contributed by atoms with E-state index in [0.29, 0.717) is 0 Å². The maximum Gasteiger partial charge on any atom is 0.137 e. The maximum absolute atomic E-state index is 4.59. The summed E-state index contributed by atoms with van der Waals surface area (Å²) in [5, 5.41) is 2.67. The molecule has 3 aromatic rings. The molecular weight excluding hydrogens is 344 g/mol. The molecular formula is C24H26N4. The molecule has 2 aromatic carbocycles. The first-order valence-corrected chi connectivity index (χ1v) is 10.2. The van der Waals surface area contributed by atoms with Gasteiger partial charge in [0.15, 0.2) is 0 Å². The molecule has 4 heteroatoms. The Hall–Kier alpha value is -2.85. The number of anilines is 1. The Balaban J connectivity index is 1.23. The molecule has 1 aliphatic heterocycles. The van der Waals surface area contributed by atoms with E-state index in [2.05, 4.69) is 80.5 Å². The molecule has 0 bridgehead atoms. The van der Waals surface area contributed by atoms with Crippen LogP contribution in [-0.2, 0) is 6.54 Å². The van der Waals surface area contributed by atoms with Crippen molar-refractivity contribution in [2.75, 3.05) is 31.1 Å². The van der Waals surface area contributed by atoms with E-state index in [1.165, 1.54) is 27.7 Å². The third kappa shape index (κ3) is 3.48. The first-order chi connectivity index (χ1) is 13.9. The molecule has 2 aliphatic rings. The first kappa shape index (κ1) is 17.3. The Labute approximate surface area is 166 Å². The average molecular weight is 371 g/mol. The molecule has 1 aromatic heterocycles. The molecule has 28 heavy (non-hydrogen) atoms. The zero-order valence-electron chi connectivity index (χ0n) is 16.1. The van der Waals surface area contributed by atoms with Crippen molar-refractivity contribution < 1.29 is 0 Å². The number of rotatable bonds is 4. The lowest BCUT2D eigenvalue weighted by atomic mass is 10.1. The van der Waals surface area contributed by atoms with Gasteiger partial charge in [-0.05, 0) is 24.3 Å². The van der Waals surface area contributed by atoms with Crippen LogP contribution in [0.2, 0.25) is 0 Å². The van der Waals surface area contributed by atoms with E-state index in [-0.39, 0.29) is 0 Å². The van der Waals surface area contributed by atoms with Crippen molar-refractivity contribution >= 4 is 22.0 Å². The minimum atomic E-state index is 0.938. The lowest BCUT2D eigenvalue weighted by Crippen LogP contribution is -2.46. The largest absolute Gasteiger partial charge is 0.368 e. The van der Waals surface area contributed by atoms with E-state index in [1.807, 2.05) is 6.20 Å². The van der Waals surface area contributed by atoms with E-state index in [0.717, 1.165) is 51.4 Å². The fourth-order valence-electron chi connectivity index (χ4n) is 4.25. The number of aromatic amines is 1. The van der Waals surface area contributed by atoms with Crippen LogP contribution in [0.5, 0.6) is 0 Å². The van der Waals surface area contributed by atoms with Gasteiger partial charge in [-0.3, -0.25) is 4.90 Å². The van der Waals surface area contributed by atoms with Crippen molar-refractivity contribution in [2.24, 2.45) is 0 Å². The van der Waals surface area contributed by atoms with Gasteiger partial charge in [0.25, 0.3) is 0 Å². The summed E-state index contributed by atoms with van der Waals surface area (Å²) < 4.78 is 0. The van der Waals surface area contributed by atoms with E-state index >= 15 is 0 Å². The van der Waals surface area contributed by atoms with Crippen LogP contribution in [0.25, 0.3) is 16.3 Å². The SMILES string of the molecule is C1=CC(c2ncc(CN3CCN(c4cccc5ccccc45)CC3)[nH]2)=CCC1. The predicted octanol–water partition coefficient (Wildman–Crippen LogP) is 4.62. The van der Waals surface area contributed by atoms with Gasteiger partial charge in [0.2, 0.25) is 0 Å². The van der Waals surface area contributed by atoms with Crippen LogP contribution in [0.4, 0.5) is 5.69 Å². The smallest absolute Gasteiger partial charge is 0.137 e. The van der Waals surface area contributed by atoms with Crippen molar-refractivity contribution in [3.63, 3.8) is 0 Å². The number of piperazine rings is 1. The third-order valence-corrected chi connectivity index (χ3v) is 5.77. The van der Waals surface area contributed by atoms with Crippen LogP contribution in [0.3, 0.4) is 0 Å². The number of nitrogens with one attached hydrogen (secondary N) is 1. The Morgan fingerprint density at radius 1 is 0.929 bits per heavy atom. The van der Waals surface area contributed by atoms with Crippen molar-refractivity contribution in [1.82, 2.24) is 14.9 Å². The molecule has 0 radical (unpaired) electrons. The number of imidazole rings is 1. The van der Waals surface area contributed by atoms with Gasteiger partial charge in [-0.2, -0.15) is 0 Å². The number of fused-ring (bicyclic) bond motifs is 1. The summed E-state index contributed by atoms with van der Waals surface area (Å²) >= 11 is 0. The van der Waals surface area contributed by atoms with Crippen molar-refractivity contribution in [2.45, 2.75) is 19.4 Å². The third-order valence-electron chi connectivity index (χ3n) is 5.77. The number of hydrogen-bond acceptors (Lipinski definition) is 3. The van der Waals surface area contributed by atoms with Crippen LogP contribution >= 0.6 is 0 Å². The molecule has 5 rings (SSSR count). The van der Waals surface area contributed by atoms with Gasteiger partial charge < -0.3 is 9.88 Å². The summed E-state index contributed by atoms with van der Waals surface area (Å²) in [5.41, 5.74) is 3.78. The normalized spacial score (nSPS) is 17.9. The topological polar surface area (TPSA) is 35.2 Å². The minimum absolute atomic E-state index is 0.938. The average Bonchev–Trinajstić information content (AvgIpc) is 3.23. The highest BCUT2D eigenvalue weighted by molar-refractivity contribution is 5.94. The summed E-state index contributed by atoms with van der Waals surface area (Å²) in [6, 6.07) is 15.3. The molecule has 142 valence electrons. The van der Waals surface area contributed by atoms with Crippen LogP contribution < -0.4 is 4.90 Å². The lowest BCUT2D eigenvalue weighted by Gasteiger charge is -2.36. The van der Waals surface area contributed by atoms with Crippen molar-refractivity contribution in [3.05, 3.63) is 78.4 Å². The van der Waals surface area contributed by atoms with Gasteiger partial charge in [-0.15, -0.1) is 0 Å². The molecule has 0 spiro atoms. The van der Waals surface area contributed by atoms with Crippen LogP contribution in [0.15, 0.2) is 66.9 Å². The highest BCUT2D eigenvalue weighted by atomic mass is 15.3. The standard InChI is InChI=1S/C24H26N4/c1-2-8-20(9-3-1)24-25-17-21(26-24)18-27-13-15-28(16-14-27)23-12-6-10-19-7-4-5-11-22(19)23/h2,4-12,17H,1,3,13-16,18H2,(H,25,26). The maximum atomic E-state index is 4.59. The van der Waals surface area contributed by atoms with Crippen LogP contribution in [0.1, 0.15) is 24.4 Å². The quantitative estimate of drug-likeness (QED) is 0.728. The van der Waals surface area contributed by atoms with Gasteiger partial charge >= 0.3 is 0 Å². The Morgan fingerprint density at radius 3 is 2.64 bits per heavy atom. The first-order valence-electron chi connectivity index (χ1n) is 10.2. The van der Waals surface area contributed by atoms with Gasteiger partial charge in [0.05, 0.1) is 0 Å². The summed E-state index contributed by atoms with van der Waals surface area (Å²) in [4.78, 5) is 13.1. The highest BCUT2D eigenvalue weighted by Crippen LogP contribution is 2.27.